The Kier molecular flexibility index (Phi) is 6.14. The van der Waals surface area contributed by atoms with Crippen LogP contribution in [0.4, 0.5) is 5.69 Å². The number of amides is 1. The predicted molar refractivity (Wildman–Crippen MR) is 106 cm³/mol. The van der Waals surface area contributed by atoms with E-state index in [1.807, 2.05) is 35.7 Å². The number of hydrogen-bond donors (Lipinski definition) is 1. The Morgan fingerprint density at radius 1 is 1.12 bits per heavy atom. The first-order valence-corrected chi connectivity index (χ1v) is 9.71. The van der Waals surface area contributed by atoms with Gasteiger partial charge in [-0.2, -0.15) is 0 Å². The molecule has 1 aromatic heterocycles. The first kappa shape index (κ1) is 18.3. The normalized spacial score (nSPS) is 10.4. The number of benzene rings is 2. The fourth-order valence-electron chi connectivity index (χ4n) is 2.30. The van der Waals surface area contributed by atoms with Gasteiger partial charge >= 0.3 is 0 Å². The van der Waals surface area contributed by atoms with Crippen LogP contribution in [0.5, 0.6) is 11.5 Å². The summed E-state index contributed by atoms with van der Waals surface area (Å²) < 4.78 is 11.3. The topological polar surface area (TPSA) is 60.5 Å². The molecule has 0 unspecified atom stereocenters. The smallest absolute Gasteiger partial charge is 0.234 e. The van der Waals surface area contributed by atoms with Crippen molar-refractivity contribution < 1.29 is 14.3 Å². The molecule has 0 spiro atoms. The lowest BCUT2D eigenvalue weighted by Crippen LogP contribution is -2.14. The second kappa shape index (κ2) is 8.73. The van der Waals surface area contributed by atoms with Crippen molar-refractivity contribution in [3.8, 4) is 22.8 Å². The Bertz CT molecular complexity index is 882. The van der Waals surface area contributed by atoms with E-state index >= 15 is 0 Å². The first-order valence-electron chi connectivity index (χ1n) is 7.85. The summed E-state index contributed by atoms with van der Waals surface area (Å²) in [6.07, 6.45) is 0. The molecule has 1 heterocycles. The minimum absolute atomic E-state index is 0.0984. The molecule has 0 radical (unpaired) electrons. The minimum Gasteiger partial charge on any atom is -0.493 e. The van der Waals surface area contributed by atoms with Crippen LogP contribution in [-0.4, -0.2) is 30.9 Å². The van der Waals surface area contributed by atoms with Gasteiger partial charge in [-0.3, -0.25) is 4.79 Å². The van der Waals surface area contributed by atoms with Gasteiger partial charge in [0.05, 0.1) is 25.7 Å². The van der Waals surface area contributed by atoms with E-state index in [1.165, 1.54) is 23.1 Å². The Morgan fingerprint density at radius 3 is 2.62 bits per heavy atom. The molecule has 0 aliphatic carbocycles. The van der Waals surface area contributed by atoms with Crippen LogP contribution in [0.25, 0.3) is 11.3 Å². The Balaban J connectivity index is 1.57. The van der Waals surface area contributed by atoms with Crippen molar-refractivity contribution in [3.05, 3.63) is 53.9 Å². The number of nitrogens with zero attached hydrogens (tertiary/aromatic N) is 1. The zero-order valence-electron chi connectivity index (χ0n) is 14.4. The van der Waals surface area contributed by atoms with Crippen LogP contribution in [0.1, 0.15) is 0 Å². The van der Waals surface area contributed by atoms with Crippen molar-refractivity contribution in [2.24, 2.45) is 0 Å². The number of aromatic nitrogens is 1. The van der Waals surface area contributed by atoms with Gasteiger partial charge < -0.3 is 14.8 Å². The van der Waals surface area contributed by atoms with Crippen LogP contribution in [0.2, 0.25) is 0 Å². The minimum atomic E-state index is -0.0984. The molecular formula is C19H18N2O3S2. The number of thiazole rings is 1. The van der Waals surface area contributed by atoms with E-state index in [9.17, 15) is 4.79 Å². The van der Waals surface area contributed by atoms with Gasteiger partial charge in [0, 0.05) is 22.7 Å². The van der Waals surface area contributed by atoms with E-state index in [-0.39, 0.29) is 11.7 Å². The number of rotatable bonds is 7. The highest BCUT2D eigenvalue weighted by Gasteiger charge is 2.10. The summed E-state index contributed by atoms with van der Waals surface area (Å²) in [5.41, 5.74) is 2.67. The fraction of sp³-hybridized carbons (Fsp3) is 0.158. The van der Waals surface area contributed by atoms with Crippen LogP contribution in [0, 0.1) is 0 Å². The number of carbonyl (C=O) groups excluding carboxylic acids is 1. The van der Waals surface area contributed by atoms with Gasteiger partial charge in [-0.1, -0.05) is 42.1 Å². The lowest BCUT2D eigenvalue weighted by Gasteiger charge is -2.10. The second-order valence-corrected chi connectivity index (χ2v) is 7.35. The van der Waals surface area contributed by atoms with Gasteiger partial charge in [-0.25, -0.2) is 4.98 Å². The lowest BCUT2D eigenvalue weighted by molar-refractivity contribution is -0.113. The summed E-state index contributed by atoms with van der Waals surface area (Å²) in [4.78, 5) is 16.8. The summed E-state index contributed by atoms with van der Waals surface area (Å²) in [6, 6.07) is 15.3. The van der Waals surface area contributed by atoms with E-state index < -0.39 is 0 Å². The number of anilines is 1. The molecule has 0 bridgehead atoms. The number of methoxy groups -OCH3 is 2. The van der Waals surface area contributed by atoms with Gasteiger partial charge in [-0.05, 0) is 12.1 Å². The number of ether oxygens (including phenoxy) is 2. The molecule has 3 aromatic rings. The fourth-order valence-corrected chi connectivity index (χ4v) is 3.94. The quantitative estimate of drug-likeness (QED) is 0.603. The van der Waals surface area contributed by atoms with E-state index in [1.54, 1.807) is 32.4 Å². The van der Waals surface area contributed by atoms with Crippen LogP contribution in [0.3, 0.4) is 0 Å². The van der Waals surface area contributed by atoms with Crippen molar-refractivity contribution in [3.63, 3.8) is 0 Å². The van der Waals surface area contributed by atoms with Gasteiger partial charge in [0.15, 0.2) is 15.8 Å². The predicted octanol–water partition coefficient (Wildman–Crippen LogP) is 4.56. The number of carbonyl (C=O) groups is 1. The third-order valence-electron chi connectivity index (χ3n) is 3.55. The first-order chi connectivity index (χ1) is 12.7. The lowest BCUT2D eigenvalue weighted by atomic mass is 10.2. The van der Waals surface area contributed by atoms with Crippen molar-refractivity contribution >= 4 is 34.7 Å². The maximum absolute atomic E-state index is 12.2. The van der Waals surface area contributed by atoms with Crippen LogP contribution in [0.15, 0.2) is 58.3 Å². The third kappa shape index (κ3) is 4.56. The number of thioether (sulfide) groups is 1. The molecule has 0 fully saturated rings. The van der Waals surface area contributed by atoms with Gasteiger partial charge in [0.1, 0.15) is 0 Å². The van der Waals surface area contributed by atoms with E-state index in [2.05, 4.69) is 10.3 Å². The largest absolute Gasteiger partial charge is 0.493 e. The van der Waals surface area contributed by atoms with Gasteiger partial charge in [0.2, 0.25) is 5.91 Å². The molecule has 134 valence electrons. The maximum Gasteiger partial charge on any atom is 0.234 e. The average Bonchev–Trinajstić information content (AvgIpc) is 3.16. The molecular weight excluding hydrogens is 368 g/mol. The third-order valence-corrected chi connectivity index (χ3v) is 5.57. The zero-order chi connectivity index (χ0) is 18.4. The standard InChI is InChI=1S/C19H18N2O3S2/c1-23-16-9-8-14(10-17(16)24-2)20-18(22)12-26-19-21-15(11-25-19)13-6-4-3-5-7-13/h3-11H,12H2,1-2H3,(H,20,22). The van der Waals surface area contributed by atoms with Crippen LogP contribution in [-0.2, 0) is 4.79 Å². The zero-order valence-corrected chi connectivity index (χ0v) is 16.0. The van der Waals surface area contributed by atoms with Crippen molar-refractivity contribution in [1.82, 2.24) is 4.98 Å². The molecule has 2 aromatic carbocycles. The van der Waals surface area contributed by atoms with Crippen LogP contribution >= 0.6 is 23.1 Å². The monoisotopic (exact) mass is 386 g/mol. The highest BCUT2D eigenvalue weighted by atomic mass is 32.2. The molecule has 0 saturated carbocycles. The Labute approximate surface area is 160 Å². The number of hydrogen-bond acceptors (Lipinski definition) is 6. The average molecular weight is 386 g/mol. The summed E-state index contributed by atoms with van der Waals surface area (Å²) in [5, 5.41) is 4.86. The molecule has 5 nitrogen and oxygen atoms in total. The van der Waals surface area contributed by atoms with Crippen molar-refractivity contribution in [1.29, 1.82) is 0 Å². The van der Waals surface area contributed by atoms with Crippen molar-refractivity contribution in [2.75, 3.05) is 25.3 Å². The van der Waals surface area contributed by atoms with Crippen LogP contribution < -0.4 is 14.8 Å². The molecule has 1 N–H and O–H groups in total. The summed E-state index contributed by atoms with van der Waals surface area (Å²) >= 11 is 2.96. The molecule has 0 saturated heterocycles. The molecule has 3 rings (SSSR count). The summed E-state index contributed by atoms with van der Waals surface area (Å²) in [6.45, 7) is 0. The van der Waals surface area contributed by atoms with E-state index in [0.29, 0.717) is 17.2 Å². The van der Waals surface area contributed by atoms with E-state index in [0.717, 1.165) is 15.6 Å². The Hall–Kier alpha value is -2.51. The summed E-state index contributed by atoms with van der Waals surface area (Å²) in [5.74, 6) is 1.39. The molecule has 7 heteroatoms. The molecule has 0 atom stereocenters. The van der Waals surface area contributed by atoms with Gasteiger partial charge in [-0.15, -0.1) is 11.3 Å². The highest BCUT2D eigenvalue weighted by Crippen LogP contribution is 2.31. The second-order valence-electron chi connectivity index (χ2n) is 5.27. The Morgan fingerprint density at radius 2 is 1.88 bits per heavy atom. The van der Waals surface area contributed by atoms with Gasteiger partial charge in [0.25, 0.3) is 0 Å². The SMILES string of the molecule is COc1ccc(NC(=O)CSc2nc(-c3ccccc3)cs2)cc1OC. The van der Waals surface area contributed by atoms with Crippen molar-refractivity contribution in [2.45, 2.75) is 4.34 Å². The molecule has 0 aliphatic rings. The molecule has 26 heavy (non-hydrogen) atoms. The number of nitrogens with one attached hydrogen (secondary N) is 1. The maximum atomic E-state index is 12.2. The van der Waals surface area contributed by atoms with E-state index in [4.69, 9.17) is 9.47 Å². The molecule has 1 amide bonds. The molecule has 0 aliphatic heterocycles. The summed E-state index contributed by atoms with van der Waals surface area (Å²) in [7, 11) is 3.14. The highest BCUT2D eigenvalue weighted by molar-refractivity contribution is 8.01.